The summed E-state index contributed by atoms with van der Waals surface area (Å²) < 4.78 is 31.5. The van der Waals surface area contributed by atoms with Gasteiger partial charge in [-0.3, -0.25) is 0 Å². The second-order valence-electron chi connectivity index (χ2n) is 4.31. The average molecular weight is 336 g/mol. The monoisotopic (exact) mass is 335 g/mol. The van der Waals surface area contributed by atoms with Crippen molar-refractivity contribution in [1.29, 1.82) is 0 Å². The summed E-state index contributed by atoms with van der Waals surface area (Å²) in [5, 5.41) is 0.589. The van der Waals surface area contributed by atoms with E-state index in [-0.39, 0.29) is 11.4 Å². The largest absolute Gasteiger partial charge is 0.497 e. The maximum atomic E-state index is 12.1. The third kappa shape index (κ3) is 4.50. The molecule has 0 saturated heterocycles. The van der Waals surface area contributed by atoms with E-state index in [4.69, 9.17) is 16.3 Å². The van der Waals surface area contributed by atoms with Crippen LogP contribution in [-0.2, 0) is 10.0 Å². The molecule has 0 atom stereocenters. The molecule has 4 nitrogen and oxygen atoms in total. The van der Waals surface area contributed by atoms with Crippen molar-refractivity contribution in [2.75, 3.05) is 13.7 Å². The summed E-state index contributed by atoms with van der Waals surface area (Å²) in [6.45, 7) is 0.0148. The van der Waals surface area contributed by atoms with Crippen LogP contribution in [0.2, 0.25) is 5.02 Å². The lowest BCUT2D eigenvalue weighted by molar-refractivity contribution is 0.414. The van der Waals surface area contributed by atoms with Crippen molar-refractivity contribution in [2.45, 2.75) is 4.90 Å². The highest BCUT2D eigenvalue weighted by Gasteiger charge is 2.12. The Morgan fingerprint density at radius 1 is 1.18 bits per heavy atom. The van der Waals surface area contributed by atoms with E-state index in [9.17, 15) is 8.42 Å². The zero-order valence-electron chi connectivity index (χ0n) is 11.8. The van der Waals surface area contributed by atoms with Crippen LogP contribution in [0.5, 0.6) is 5.75 Å². The maximum Gasteiger partial charge on any atom is 0.241 e. The number of nitrogens with one attached hydrogen (secondary N) is 1. The first kappa shape index (κ1) is 16.4. The number of sulfonamides is 1. The van der Waals surface area contributed by atoms with Gasteiger partial charge in [-0.1, -0.05) is 29.5 Å². The molecule has 0 spiro atoms. The Morgan fingerprint density at radius 3 is 2.55 bits per heavy atom. The number of ether oxygens (including phenoxy) is 1. The first-order chi connectivity index (χ1) is 10.5. The lowest BCUT2D eigenvalue weighted by Crippen LogP contribution is -2.23. The molecule has 0 aliphatic heterocycles. The van der Waals surface area contributed by atoms with Crippen molar-refractivity contribution in [2.24, 2.45) is 0 Å². The SMILES string of the molecule is COc1ccc(S(=O)(=O)NCC#Cc2cccc(Cl)c2)cc1. The Hall–Kier alpha value is -2.00. The van der Waals surface area contributed by atoms with Gasteiger partial charge in [0.1, 0.15) is 5.75 Å². The van der Waals surface area contributed by atoms with Gasteiger partial charge in [-0.15, -0.1) is 0 Å². The average Bonchev–Trinajstić information content (AvgIpc) is 2.52. The molecule has 2 aromatic rings. The quantitative estimate of drug-likeness (QED) is 0.874. The molecule has 2 rings (SSSR count). The molecule has 0 aromatic heterocycles. The van der Waals surface area contributed by atoms with E-state index in [1.165, 1.54) is 19.2 Å². The second kappa shape index (κ2) is 7.32. The highest BCUT2D eigenvalue weighted by molar-refractivity contribution is 7.89. The summed E-state index contributed by atoms with van der Waals surface area (Å²) in [6.07, 6.45) is 0. The van der Waals surface area contributed by atoms with Gasteiger partial charge in [-0.25, -0.2) is 8.42 Å². The van der Waals surface area contributed by atoms with Gasteiger partial charge in [0.05, 0.1) is 18.6 Å². The van der Waals surface area contributed by atoms with Crippen LogP contribution in [0.15, 0.2) is 53.4 Å². The highest BCUT2D eigenvalue weighted by Crippen LogP contribution is 2.15. The standard InChI is InChI=1S/C16H14ClNO3S/c1-21-15-7-9-16(10-8-15)22(19,20)18-11-3-5-13-4-2-6-14(17)12-13/h2,4,6-10,12,18H,11H2,1H3. The lowest BCUT2D eigenvalue weighted by Gasteiger charge is -2.05. The summed E-state index contributed by atoms with van der Waals surface area (Å²) in [5.74, 6) is 6.20. The van der Waals surface area contributed by atoms with Gasteiger partial charge in [-0.2, -0.15) is 4.72 Å². The first-order valence-corrected chi connectivity index (χ1v) is 8.25. The fourth-order valence-corrected chi connectivity index (χ4v) is 2.80. The van der Waals surface area contributed by atoms with E-state index in [2.05, 4.69) is 16.6 Å². The van der Waals surface area contributed by atoms with Crippen molar-refractivity contribution in [3.8, 4) is 17.6 Å². The predicted molar refractivity (Wildman–Crippen MR) is 86.5 cm³/mol. The van der Waals surface area contributed by atoms with Crippen LogP contribution in [0.1, 0.15) is 5.56 Å². The summed E-state index contributed by atoms with van der Waals surface area (Å²) >= 11 is 5.85. The highest BCUT2D eigenvalue weighted by atomic mass is 35.5. The Bertz CT molecular complexity index is 805. The molecule has 0 aliphatic rings. The number of rotatable bonds is 4. The minimum atomic E-state index is -3.58. The summed E-state index contributed by atoms with van der Waals surface area (Å²) in [4.78, 5) is 0.165. The fourth-order valence-electron chi connectivity index (χ4n) is 1.68. The zero-order chi connectivity index (χ0) is 16.0. The third-order valence-corrected chi connectivity index (χ3v) is 4.43. The Morgan fingerprint density at radius 2 is 1.91 bits per heavy atom. The van der Waals surface area contributed by atoms with E-state index in [1.54, 1.807) is 36.4 Å². The Labute approximate surface area is 135 Å². The molecule has 0 radical (unpaired) electrons. The number of hydrogen-bond donors (Lipinski definition) is 1. The van der Waals surface area contributed by atoms with Gasteiger partial charge in [0.2, 0.25) is 10.0 Å². The molecule has 0 bridgehead atoms. The minimum absolute atomic E-state index is 0.0148. The number of methoxy groups -OCH3 is 1. The van der Waals surface area contributed by atoms with E-state index >= 15 is 0 Å². The van der Waals surface area contributed by atoms with Gasteiger partial charge in [-0.05, 0) is 42.5 Å². The van der Waals surface area contributed by atoms with Gasteiger partial charge < -0.3 is 4.74 Å². The molecule has 2 aromatic carbocycles. The molecular formula is C16H14ClNO3S. The van der Waals surface area contributed by atoms with Crippen LogP contribution in [0.4, 0.5) is 0 Å². The van der Waals surface area contributed by atoms with Crippen LogP contribution < -0.4 is 9.46 Å². The van der Waals surface area contributed by atoms with Crippen molar-refractivity contribution in [3.63, 3.8) is 0 Å². The van der Waals surface area contributed by atoms with Gasteiger partial charge in [0.25, 0.3) is 0 Å². The minimum Gasteiger partial charge on any atom is -0.497 e. The predicted octanol–water partition coefficient (Wildman–Crippen LogP) is 2.68. The van der Waals surface area contributed by atoms with Crippen LogP contribution in [0.25, 0.3) is 0 Å². The van der Waals surface area contributed by atoms with E-state index in [1.807, 2.05) is 0 Å². The number of halogens is 1. The summed E-state index contributed by atoms with van der Waals surface area (Å²) in [7, 11) is -2.06. The normalized spacial score (nSPS) is 10.6. The van der Waals surface area contributed by atoms with Gasteiger partial charge >= 0.3 is 0 Å². The van der Waals surface area contributed by atoms with Gasteiger partial charge in [0, 0.05) is 10.6 Å². The number of benzene rings is 2. The van der Waals surface area contributed by atoms with Crippen molar-refractivity contribution >= 4 is 21.6 Å². The Balaban J connectivity index is 2.01. The molecule has 114 valence electrons. The molecular weight excluding hydrogens is 322 g/mol. The lowest BCUT2D eigenvalue weighted by atomic mass is 10.2. The molecule has 1 N–H and O–H groups in total. The molecule has 0 saturated carbocycles. The molecule has 0 amide bonds. The fraction of sp³-hybridized carbons (Fsp3) is 0.125. The molecule has 0 aliphatic carbocycles. The van der Waals surface area contributed by atoms with Crippen LogP contribution in [-0.4, -0.2) is 22.1 Å². The first-order valence-electron chi connectivity index (χ1n) is 6.39. The summed E-state index contributed by atoms with van der Waals surface area (Å²) in [5.41, 5.74) is 0.733. The van der Waals surface area contributed by atoms with Crippen molar-refractivity contribution in [1.82, 2.24) is 4.72 Å². The van der Waals surface area contributed by atoms with E-state index in [0.29, 0.717) is 10.8 Å². The Kier molecular flexibility index (Phi) is 5.45. The molecule has 6 heteroatoms. The van der Waals surface area contributed by atoms with Gasteiger partial charge in [0.15, 0.2) is 0 Å². The smallest absolute Gasteiger partial charge is 0.241 e. The second-order valence-corrected chi connectivity index (χ2v) is 6.52. The number of hydrogen-bond acceptors (Lipinski definition) is 3. The van der Waals surface area contributed by atoms with Crippen molar-refractivity contribution < 1.29 is 13.2 Å². The third-order valence-electron chi connectivity index (χ3n) is 2.78. The van der Waals surface area contributed by atoms with Crippen LogP contribution >= 0.6 is 11.6 Å². The topological polar surface area (TPSA) is 55.4 Å². The van der Waals surface area contributed by atoms with Crippen LogP contribution in [0, 0.1) is 11.8 Å². The molecule has 0 fully saturated rings. The molecule has 22 heavy (non-hydrogen) atoms. The molecule has 0 heterocycles. The van der Waals surface area contributed by atoms with Crippen molar-refractivity contribution in [3.05, 3.63) is 59.1 Å². The summed E-state index contributed by atoms with van der Waals surface area (Å²) in [6, 6.07) is 13.2. The zero-order valence-corrected chi connectivity index (χ0v) is 13.4. The van der Waals surface area contributed by atoms with E-state index < -0.39 is 10.0 Å². The molecule has 0 unspecified atom stereocenters. The van der Waals surface area contributed by atoms with E-state index in [0.717, 1.165) is 5.56 Å². The maximum absolute atomic E-state index is 12.1. The van der Waals surface area contributed by atoms with Crippen LogP contribution in [0.3, 0.4) is 0 Å².